The topological polar surface area (TPSA) is 47.6 Å². The molecule has 2 aromatic carbocycles. The van der Waals surface area contributed by atoms with E-state index < -0.39 is 24.0 Å². The highest BCUT2D eigenvalue weighted by atomic mass is 19.4. The molecule has 1 amide bonds. The van der Waals surface area contributed by atoms with Crippen molar-refractivity contribution in [1.82, 2.24) is 5.32 Å². The number of carbonyl (C=O) groups is 1. The highest BCUT2D eigenvalue weighted by Crippen LogP contribution is 2.25. The van der Waals surface area contributed by atoms with Gasteiger partial charge in [0.2, 0.25) is 0 Å². The number of amides is 1. The second-order valence-electron chi connectivity index (χ2n) is 5.08. The molecule has 2 aromatic rings. The van der Waals surface area contributed by atoms with Crippen molar-refractivity contribution in [3.8, 4) is 5.75 Å². The molecule has 2 rings (SSSR count). The van der Waals surface area contributed by atoms with Crippen molar-refractivity contribution >= 4 is 12.2 Å². The summed E-state index contributed by atoms with van der Waals surface area (Å²) < 4.78 is 58.8. The smallest absolute Gasteiger partial charge is 0.445 e. The number of rotatable bonds is 6. The SMILES string of the molecule is O=C(NCC=Cc1cc(OC(F)(F)F)ccc1F)OCc1ccccc1. The zero-order valence-electron chi connectivity index (χ0n) is 13.4. The van der Waals surface area contributed by atoms with E-state index in [2.05, 4.69) is 10.1 Å². The van der Waals surface area contributed by atoms with Crippen LogP contribution in [-0.4, -0.2) is 19.0 Å². The van der Waals surface area contributed by atoms with Crippen LogP contribution >= 0.6 is 0 Å². The average molecular weight is 369 g/mol. The van der Waals surface area contributed by atoms with Gasteiger partial charge >= 0.3 is 12.5 Å². The maximum Gasteiger partial charge on any atom is 0.573 e. The standard InChI is InChI=1S/C18H15F4NO3/c19-16-9-8-15(26-18(20,21)22)11-14(16)7-4-10-23-17(24)25-12-13-5-2-1-3-6-13/h1-9,11H,10,12H2,(H,23,24). The van der Waals surface area contributed by atoms with Crippen molar-refractivity contribution in [2.45, 2.75) is 13.0 Å². The van der Waals surface area contributed by atoms with E-state index in [1.165, 1.54) is 12.2 Å². The number of halogens is 4. The maximum atomic E-state index is 13.6. The predicted octanol–water partition coefficient (Wildman–Crippen LogP) is 4.66. The van der Waals surface area contributed by atoms with Gasteiger partial charge in [0.15, 0.2) is 0 Å². The molecule has 4 nitrogen and oxygen atoms in total. The summed E-state index contributed by atoms with van der Waals surface area (Å²) in [5.74, 6) is -1.25. The zero-order valence-corrected chi connectivity index (χ0v) is 13.4. The number of alkyl halides is 3. The van der Waals surface area contributed by atoms with Crippen LogP contribution in [-0.2, 0) is 11.3 Å². The second kappa shape index (κ2) is 8.89. The lowest BCUT2D eigenvalue weighted by Gasteiger charge is -2.09. The zero-order chi connectivity index (χ0) is 19.0. The fourth-order valence-corrected chi connectivity index (χ4v) is 1.95. The number of benzene rings is 2. The molecule has 0 saturated heterocycles. The third-order valence-corrected chi connectivity index (χ3v) is 3.08. The molecule has 0 fully saturated rings. The molecule has 0 aliphatic rings. The molecule has 0 aromatic heterocycles. The Morgan fingerprint density at radius 3 is 2.54 bits per heavy atom. The Morgan fingerprint density at radius 2 is 1.85 bits per heavy atom. The van der Waals surface area contributed by atoms with Gasteiger partial charge in [-0.1, -0.05) is 42.5 Å². The van der Waals surface area contributed by atoms with Gasteiger partial charge in [-0.25, -0.2) is 9.18 Å². The van der Waals surface area contributed by atoms with Crippen LogP contribution in [0.4, 0.5) is 22.4 Å². The number of hydrogen-bond acceptors (Lipinski definition) is 3. The Hall–Kier alpha value is -3.03. The molecule has 1 N–H and O–H groups in total. The van der Waals surface area contributed by atoms with Crippen molar-refractivity contribution in [2.24, 2.45) is 0 Å². The van der Waals surface area contributed by atoms with Crippen LogP contribution < -0.4 is 10.1 Å². The van der Waals surface area contributed by atoms with Gasteiger partial charge < -0.3 is 14.8 Å². The Morgan fingerprint density at radius 1 is 1.12 bits per heavy atom. The fraction of sp³-hybridized carbons (Fsp3) is 0.167. The highest BCUT2D eigenvalue weighted by molar-refractivity contribution is 5.67. The average Bonchev–Trinajstić information content (AvgIpc) is 2.59. The molecule has 26 heavy (non-hydrogen) atoms. The lowest BCUT2D eigenvalue weighted by molar-refractivity contribution is -0.274. The summed E-state index contributed by atoms with van der Waals surface area (Å²) in [4.78, 5) is 11.5. The minimum Gasteiger partial charge on any atom is -0.445 e. The van der Waals surface area contributed by atoms with Crippen LogP contribution in [0.5, 0.6) is 5.75 Å². The molecule has 0 aliphatic heterocycles. The van der Waals surface area contributed by atoms with Crippen molar-refractivity contribution in [3.05, 3.63) is 71.6 Å². The van der Waals surface area contributed by atoms with Crippen LogP contribution in [0.2, 0.25) is 0 Å². The first kappa shape index (κ1) is 19.3. The summed E-state index contributed by atoms with van der Waals surface area (Å²) in [6.45, 7) is 0.110. The summed E-state index contributed by atoms with van der Waals surface area (Å²) in [5.41, 5.74) is 0.716. The number of ether oxygens (including phenoxy) is 2. The summed E-state index contributed by atoms with van der Waals surface area (Å²) in [5, 5.41) is 2.41. The van der Waals surface area contributed by atoms with Crippen molar-refractivity contribution in [3.63, 3.8) is 0 Å². The number of hydrogen-bond donors (Lipinski definition) is 1. The number of carbonyl (C=O) groups excluding carboxylic acids is 1. The van der Waals surface area contributed by atoms with E-state index in [1.807, 2.05) is 18.2 Å². The van der Waals surface area contributed by atoms with Gasteiger partial charge in [0.1, 0.15) is 18.2 Å². The largest absolute Gasteiger partial charge is 0.573 e. The van der Waals surface area contributed by atoms with E-state index in [4.69, 9.17) is 4.74 Å². The Kier molecular flexibility index (Phi) is 6.60. The van der Waals surface area contributed by atoms with Gasteiger partial charge in [-0.15, -0.1) is 13.2 Å². The summed E-state index contributed by atoms with van der Waals surface area (Å²) in [7, 11) is 0. The van der Waals surface area contributed by atoms with E-state index in [1.54, 1.807) is 12.1 Å². The minimum atomic E-state index is -4.86. The third-order valence-electron chi connectivity index (χ3n) is 3.08. The summed E-state index contributed by atoms with van der Waals surface area (Å²) in [6, 6.07) is 11.7. The van der Waals surface area contributed by atoms with E-state index in [-0.39, 0.29) is 18.7 Å². The predicted molar refractivity (Wildman–Crippen MR) is 86.7 cm³/mol. The lowest BCUT2D eigenvalue weighted by atomic mass is 10.2. The lowest BCUT2D eigenvalue weighted by Crippen LogP contribution is -2.24. The Balaban J connectivity index is 1.82. The highest BCUT2D eigenvalue weighted by Gasteiger charge is 2.31. The normalized spacial score (nSPS) is 11.4. The molecule has 0 unspecified atom stereocenters. The van der Waals surface area contributed by atoms with Crippen LogP contribution in [0.1, 0.15) is 11.1 Å². The van der Waals surface area contributed by atoms with Crippen LogP contribution in [0, 0.1) is 5.82 Å². The fourth-order valence-electron chi connectivity index (χ4n) is 1.95. The quantitative estimate of drug-likeness (QED) is 0.753. The molecule has 0 atom stereocenters. The molecule has 138 valence electrons. The van der Waals surface area contributed by atoms with Crippen molar-refractivity contribution < 1.29 is 31.8 Å². The molecule has 0 aliphatic carbocycles. The van der Waals surface area contributed by atoms with Gasteiger partial charge in [0.05, 0.1) is 0 Å². The van der Waals surface area contributed by atoms with Crippen molar-refractivity contribution in [1.29, 1.82) is 0 Å². The van der Waals surface area contributed by atoms with Gasteiger partial charge in [-0.05, 0) is 23.8 Å². The van der Waals surface area contributed by atoms with E-state index >= 15 is 0 Å². The van der Waals surface area contributed by atoms with Crippen LogP contribution in [0.25, 0.3) is 6.08 Å². The maximum absolute atomic E-state index is 13.6. The molecular formula is C18H15F4NO3. The first-order chi connectivity index (χ1) is 12.3. The minimum absolute atomic E-state index is 0.0113. The van der Waals surface area contributed by atoms with E-state index in [9.17, 15) is 22.4 Å². The Bertz CT molecular complexity index is 761. The molecule has 0 saturated carbocycles. The number of alkyl carbamates (subject to hydrolysis) is 1. The molecule has 0 heterocycles. The van der Waals surface area contributed by atoms with Crippen LogP contribution in [0.15, 0.2) is 54.6 Å². The molecule has 0 spiro atoms. The van der Waals surface area contributed by atoms with Gasteiger partial charge in [0, 0.05) is 12.1 Å². The number of nitrogens with one attached hydrogen (secondary N) is 1. The monoisotopic (exact) mass is 369 g/mol. The molecule has 0 radical (unpaired) electrons. The van der Waals surface area contributed by atoms with Crippen molar-refractivity contribution in [2.75, 3.05) is 6.54 Å². The summed E-state index contributed by atoms with van der Waals surface area (Å²) in [6.07, 6.45) is -2.92. The van der Waals surface area contributed by atoms with Crippen LogP contribution in [0.3, 0.4) is 0 Å². The Labute approximate surface area is 147 Å². The molecular weight excluding hydrogens is 354 g/mol. The van der Waals surface area contributed by atoms with E-state index in [0.717, 1.165) is 23.8 Å². The van der Waals surface area contributed by atoms with Gasteiger partial charge in [-0.2, -0.15) is 0 Å². The second-order valence-corrected chi connectivity index (χ2v) is 5.08. The summed E-state index contributed by atoms with van der Waals surface area (Å²) >= 11 is 0. The third kappa shape index (κ3) is 6.84. The molecule has 8 heteroatoms. The first-order valence-corrected chi connectivity index (χ1v) is 7.50. The van der Waals surface area contributed by atoms with Gasteiger partial charge in [-0.3, -0.25) is 0 Å². The first-order valence-electron chi connectivity index (χ1n) is 7.50. The van der Waals surface area contributed by atoms with E-state index in [0.29, 0.717) is 0 Å². The van der Waals surface area contributed by atoms with Gasteiger partial charge in [0.25, 0.3) is 0 Å². The molecule has 0 bridgehead atoms.